The third-order valence-corrected chi connectivity index (χ3v) is 4.26. The first-order valence-corrected chi connectivity index (χ1v) is 8.11. The van der Waals surface area contributed by atoms with Crippen LogP contribution in [-0.2, 0) is 20.7 Å². The number of alkyl halides is 3. The zero-order valence-electron chi connectivity index (χ0n) is 14.9. The number of methoxy groups -OCH3 is 1. The quantitative estimate of drug-likeness (QED) is 0.564. The smallest absolute Gasteiger partial charge is 0.428 e. The monoisotopic (exact) mass is 376 g/mol. The fraction of sp³-hybridized carbons (Fsp3) is 0.500. The Bertz CT molecular complexity index is 739. The second-order valence-electron chi connectivity index (χ2n) is 6.00. The molecule has 1 aromatic rings. The Morgan fingerprint density at radius 3 is 2.46 bits per heavy atom. The Kier molecular flexibility index (Phi) is 5.53. The Hall–Kier alpha value is -2.25. The van der Waals surface area contributed by atoms with Gasteiger partial charge in [-0.05, 0) is 32.4 Å². The second-order valence-corrected chi connectivity index (χ2v) is 6.00. The molecule has 8 heteroatoms. The van der Waals surface area contributed by atoms with E-state index in [2.05, 4.69) is 0 Å². The molecule has 1 heterocycles. The molecule has 0 aromatic heterocycles. The Morgan fingerprint density at radius 2 is 1.96 bits per heavy atom. The largest absolute Gasteiger partial charge is 0.496 e. The summed E-state index contributed by atoms with van der Waals surface area (Å²) in [6, 6.07) is 2.42. The summed E-state index contributed by atoms with van der Waals surface area (Å²) in [5.41, 5.74) is -2.21. The fourth-order valence-corrected chi connectivity index (χ4v) is 2.88. The van der Waals surface area contributed by atoms with Gasteiger partial charge >= 0.3 is 12.1 Å². The Balaban J connectivity index is 2.66. The average Bonchev–Trinajstić information content (AvgIpc) is 2.93. The molecule has 0 saturated heterocycles. The molecule has 4 nitrogen and oxygen atoms in total. The summed E-state index contributed by atoms with van der Waals surface area (Å²) in [7, 11) is 1.29. The van der Waals surface area contributed by atoms with Crippen LogP contribution < -0.4 is 4.74 Å². The lowest BCUT2D eigenvalue weighted by Crippen LogP contribution is -2.42. The summed E-state index contributed by atoms with van der Waals surface area (Å²) in [6.07, 6.45) is -5.06. The van der Waals surface area contributed by atoms with Gasteiger partial charge in [0.1, 0.15) is 11.6 Å². The van der Waals surface area contributed by atoms with E-state index in [4.69, 9.17) is 14.2 Å². The maximum atomic E-state index is 14.0. The van der Waals surface area contributed by atoms with Gasteiger partial charge in [-0.3, -0.25) is 0 Å². The molecule has 0 saturated carbocycles. The van der Waals surface area contributed by atoms with Crippen LogP contribution in [0.2, 0.25) is 0 Å². The molecule has 2 rings (SSSR count). The van der Waals surface area contributed by atoms with Crippen molar-refractivity contribution in [2.24, 2.45) is 0 Å². The van der Waals surface area contributed by atoms with E-state index in [0.29, 0.717) is 0 Å². The maximum absolute atomic E-state index is 14.0. The van der Waals surface area contributed by atoms with Crippen molar-refractivity contribution >= 4 is 11.5 Å². The highest BCUT2D eigenvalue weighted by molar-refractivity contribution is 5.98. The fourth-order valence-electron chi connectivity index (χ4n) is 2.88. The van der Waals surface area contributed by atoms with Gasteiger partial charge in [-0.15, -0.1) is 0 Å². The van der Waals surface area contributed by atoms with Crippen LogP contribution in [0.3, 0.4) is 0 Å². The van der Waals surface area contributed by atoms with Crippen LogP contribution in [-0.4, -0.2) is 31.5 Å². The van der Waals surface area contributed by atoms with Gasteiger partial charge < -0.3 is 14.2 Å². The highest BCUT2D eigenvalue weighted by Gasteiger charge is 2.59. The predicted molar refractivity (Wildman–Crippen MR) is 86.0 cm³/mol. The lowest BCUT2D eigenvalue weighted by molar-refractivity contribution is -0.251. The molecular formula is C18H20F4O4. The van der Waals surface area contributed by atoms with E-state index in [0.717, 1.165) is 13.0 Å². The SMILES string of the molecule is CCOC(=O)C1=C(c2ccc(F)c(CC)c2OC)CC(C)(C(F)(F)F)O1. The lowest BCUT2D eigenvalue weighted by Gasteiger charge is -2.27. The highest BCUT2D eigenvalue weighted by atomic mass is 19.4. The van der Waals surface area contributed by atoms with Crippen molar-refractivity contribution in [2.75, 3.05) is 13.7 Å². The molecule has 26 heavy (non-hydrogen) atoms. The van der Waals surface area contributed by atoms with Crippen molar-refractivity contribution in [3.63, 3.8) is 0 Å². The summed E-state index contributed by atoms with van der Waals surface area (Å²) >= 11 is 0. The number of halogens is 4. The van der Waals surface area contributed by atoms with E-state index in [9.17, 15) is 22.4 Å². The molecule has 0 aliphatic carbocycles. The van der Waals surface area contributed by atoms with E-state index >= 15 is 0 Å². The molecule has 144 valence electrons. The third-order valence-electron chi connectivity index (χ3n) is 4.26. The first-order chi connectivity index (χ1) is 12.1. The number of hydrogen-bond donors (Lipinski definition) is 0. The molecule has 0 N–H and O–H groups in total. The molecule has 1 aromatic carbocycles. The van der Waals surface area contributed by atoms with Gasteiger partial charge in [0.25, 0.3) is 0 Å². The zero-order chi connectivity index (χ0) is 19.7. The van der Waals surface area contributed by atoms with Crippen molar-refractivity contribution in [3.05, 3.63) is 34.8 Å². The van der Waals surface area contributed by atoms with Gasteiger partial charge in [-0.25, -0.2) is 9.18 Å². The third kappa shape index (κ3) is 3.37. The van der Waals surface area contributed by atoms with Crippen LogP contribution in [0.15, 0.2) is 17.9 Å². The topological polar surface area (TPSA) is 44.8 Å². The first kappa shape index (κ1) is 20.1. The summed E-state index contributed by atoms with van der Waals surface area (Å²) in [4.78, 5) is 12.2. The average molecular weight is 376 g/mol. The van der Waals surface area contributed by atoms with Crippen LogP contribution in [0.5, 0.6) is 5.75 Å². The number of rotatable bonds is 5. The second kappa shape index (κ2) is 7.17. The molecule has 0 bridgehead atoms. The van der Waals surface area contributed by atoms with Crippen molar-refractivity contribution in [1.82, 2.24) is 0 Å². The van der Waals surface area contributed by atoms with Gasteiger partial charge in [0.2, 0.25) is 11.4 Å². The summed E-state index contributed by atoms with van der Waals surface area (Å²) in [6.45, 7) is 4.05. The predicted octanol–water partition coefficient (Wildman–Crippen LogP) is 4.41. The molecular weight excluding hydrogens is 356 g/mol. The number of carbonyl (C=O) groups is 1. The molecule has 0 fully saturated rings. The van der Waals surface area contributed by atoms with Crippen LogP contribution in [0, 0.1) is 5.82 Å². The van der Waals surface area contributed by atoms with Gasteiger partial charge in [-0.2, -0.15) is 13.2 Å². The first-order valence-electron chi connectivity index (χ1n) is 8.11. The highest BCUT2D eigenvalue weighted by Crippen LogP contribution is 2.50. The summed E-state index contributed by atoms with van der Waals surface area (Å²) in [5.74, 6) is -1.98. The van der Waals surface area contributed by atoms with Crippen LogP contribution >= 0.6 is 0 Å². The van der Waals surface area contributed by atoms with Crippen LogP contribution in [0.1, 0.15) is 38.3 Å². The molecule has 1 aliphatic rings. The van der Waals surface area contributed by atoms with E-state index in [1.807, 2.05) is 0 Å². The van der Waals surface area contributed by atoms with Crippen molar-refractivity contribution in [3.8, 4) is 5.75 Å². The zero-order valence-corrected chi connectivity index (χ0v) is 14.9. The summed E-state index contributed by atoms with van der Waals surface area (Å²) in [5, 5.41) is 0. The minimum Gasteiger partial charge on any atom is -0.496 e. The van der Waals surface area contributed by atoms with Gasteiger partial charge in [0, 0.05) is 23.1 Å². The van der Waals surface area contributed by atoms with Gasteiger partial charge in [0.05, 0.1) is 13.7 Å². The summed E-state index contributed by atoms with van der Waals surface area (Å²) < 4.78 is 69.5. The van der Waals surface area contributed by atoms with Crippen molar-refractivity contribution in [1.29, 1.82) is 0 Å². The Labute approximate surface area is 148 Å². The molecule has 1 aliphatic heterocycles. The number of hydrogen-bond acceptors (Lipinski definition) is 4. The van der Waals surface area contributed by atoms with E-state index in [-0.39, 0.29) is 35.5 Å². The molecule has 0 amide bonds. The van der Waals surface area contributed by atoms with Crippen LogP contribution in [0.4, 0.5) is 17.6 Å². The van der Waals surface area contributed by atoms with E-state index in [1.165, 1.54) is 20.1 Å². The molecule has 0 radical (unpaired) electrons. The maximum Gasteiger partial charge on any atom is 0.428 e. The molecule has 1 atom stereocenters. The van der Waals surface area contributed by atoms with Gasteiger partial charge in [-0.1, -0.05) is 6.92 Å². The minimum atomic E-state index is -4.71. The number of esters is 1. The van der Waals surface area contributed by atoms with Crippen molar-refractivity contribution in [2.45, 2.75) is 45.4 Å². The normalized spacial score (nSPS) is 20.2. The van der Waals surface area contributed by atoms with Crippen molar-refractivity contribution < 1.29 is 36.6 Å². The van der Waals surface area contributed by atoms with E-state index < -0.39 is 35.7 Å². The minimum absolute atomic E-state index is 0.0187. The molecule has 0 spiro atoms. The number of ether oxygens (including phenoxy) is 3. The lowest BCUT2D eigenvalue weighted by atomic mass is 9.91. The van der Waals surface area contributed by atoms with Crippen LogP contribution in [0.25, 0.3) is 5.57 Å². The Morgan fingerprint density at radius 1 is 1.31 bits per heavy atom. The van der Waals surface area contributed by atoms with E-state index in [1.54, 1.807) is 6.92 Å². The molecule has 1 unspecified atom stereocenters. The number of carbonyl (C=O) groups excluding carboxylic acids is 1. The number of benzene rings is 1. The van der Waals surface area contributed by atoms with Gasteiger partial charge in [0.15, 0.2) is 0 Å². The standard InChI is InChI=1S/C18H20F4O4/c1-5-10-13(19)8-7-11(14(10)24-4)12-9-17(3,18(20,21)22)26-15(12)16(23)25-6-2/h7-8H,5-6,9H2,1-4H3.